The van der Waals surface area contributed by atoms with Crippen LogP contribution in [0.5, 0.6) is 0 Å². The smallest absolute Gasteiger partial charge is 0.117 e. The van der Waals surface area contributed by atoms with Crippen LogP contribution in [-0.2, 0) is 0 Å². The molecule has 0 bridgehead atoms. The molecule has 0 saturated carbocycles. The predicted molar refractivity (Wildman–Crippen MR) is 42.1 cm³/mol. The molecule has 42 valence electrons. The van der Waals surface area contributed by atoms with E-state index in [1.807, 2.05) is 6.08 Å². The summed E-state index contributed by atoms with van der Waals surface area (Å²) in [5.74, 6) is 0.657. The summed E-state index contributed by atoms with van der Waals surface area (Å²) in [5, 5.41) is 0. The van der Waals surface area contributed by atoms with E-state index in [0.29, 0.717) is 5.84 Å². The molecule has 1 heterocycles. The van der Waals surface area contributed by atoms with Gasteiger partial charge in [-0.3, -0.25) is 0 Å². The molecule has 0 radical (unpaired) electrons. The molecular weight excluding hydrogens is 215 g/mol. The SMILES string of the molecule is NC1=NC=C=CC1I. The lowest BCUT2D eigenvalue weighted by Gasteiger charge is -2.01. The number of hydrogen-bond donors (Lipinski definition) is 1. The van der Waals surface area contributed by atoms with E-state index in [-0.39, 0.29) is 3.92 Å². The van der Waals surface area contributed by atoms with Crippen molar-refractivity contribution in [3.63, 3.8) is 0 Å². The second-order valence-corrected chi connectivity index (χ2v) is 2.76. The first-order chi connectivity index (χ1) is 3.80. The van der Waals surface area contributed by atoms with Gasteiger partial charge in [0.05, 0.1) is 10.1 Å². The molecule has 0 aromatic rings. The summed E-state index contributed by atoms with van der Waals surface area (Å²) in [7, 11) is 0. The summed E-state index contributed by atoms with van der Waals surface area (Å²) in [5.41, 5.74) is 8.26. The monoisotopic (exact) mass is 220 g/mol. The number of halogens is 1. The zero-order chi connectivity index (χ0) is 5.98. The number of rotatable bonds is 0. The largest absolute Gasteiger partial charge is 0.386 e. The molecule has 0 aliphatic carbocycles. The van der Waals surface area contributed by atoms with E-state index in [1.54, 1.807) is 6.20 Å². The van der Waals surface area contributed by atoms with Crippen LogP contribution in [0.3, 0.4) is 0 Å². The third-order valence-corrected chi connectivity index (χ3v) is 1.81. The molecule has 1 unspecified atom stereocenters. The molecule has 1 atom stereocenters. The van der Waals surface area contributed by atoms with Gasteiger partial charge in [0, 0.05) is 0 Å². The van der Waals surface area contributed by atoms with Crippen LogP contribution in [0.2, 0.25) is 0 Å². The van der Waals surface area contributed by atoms with Crippen molar-refractivity contribution in [3.8, 4) is 0 Å². The number of hydrogen-bond acceptors (Lipinski definition) is 2. The molecule has 1 aliphatic heterocycles. The van der Waals surface area contributed by atoms with Gasteiger partial charge in [-0.25, -0.2) is 4.99 Å². The summed E-state index contributed by atoms with van der Waals surface area (Å²) in [4.78, 5) is 3.83. The Labute approximate surface area is 61.3 Å². The van der Waals surface area contributed by atoms with Crippen molar-refractivity contribution < 1.29 is 0 Å². The average molecular weight is 220 g/mol. The Balaban J connectivity index is 2.86. The zero-order valence-electron chi connectivity index (χ0n) is 4.13. The van der Waals surface area contributed by atoms with Gasteiger partial charge in [0.1, 0.15) is 5.84 Å². The molecule has 2 nitrogen and oxygen atoms in total. The summed E-state index contributed by atoms with van der Waals surface area (Å²) < 4.78 is 0.234. The van der Waals surface area contributed by atoms with Crippen molar-refractivity contribution in [3.05, 3.63) is 18.0 Å². The molecular formula is C5H5IN2. The highest BCUT2D eigenvalue weighted by molar-refractivity contribution is 14.1. The Hall–Kier alpha value is -0.280. The van der Waals surface area contributed by atoms with Gasteiger partial charge in [0.25, 0.3) is 0 Å². The van der Waals surface area contributed by atoms with Crippen LogP contribution in [0, 0.1) is 0 Å². The Morgan fingerprint density at radius 1 is 1.88 bits per heavy atom. The topological polar surface area (TPSA) is 38.4 Å². The standard InChI is InChI=1S/C5H5IN2/c6-4-2-1-3-8-5(4)7/h2-4H,(H2,7,8). The van der Waals surface area contributed by atoms with Crippen molar-refractivity contribution in [2.24, 2.45) is 10.7 Å². The number of alkyl halides is 1. The number of amidine groups is 1. The van der Waals surface area contributed by atoms with E-state index in [4.69, 9.17) is 5.73 Å². The van der Waals surface area contributed by atoms with Crippen LogP contribution < -0.4 is 5.73 Å². The number of nitrogens with zero attached hydrogens (tertiary/aromatic N) is 1. The summed E-state index contributed by atoms with van der Waals surface area (Å²) in [6, 6.07) is 0. The van der Waals surface area contributed by atoms with Crippen molar-refractivity contribution in [1.29, 1.82) is 0 Å². The minimum absolute atomic E-state index is 0.234. The van der Waals surface area contributed by atoms with Gasteiger partial charge in [-0.2, -0.15) is 0 Å². The van der Waals surface area contributed by atoms with Gasteiger partial charge in [-0.1, -0.05) is 22.6 Å². The molecule has 0 spiro atoms. The maximum absolute atomic E-state index is 5.42. The third-order valence-electron chi connectivity index (χ3n) is 0.813. The van der Waals surface area contributed by atoms with Gasteiger partial charge in [0.2, 0.25) is 0 Å². The predicted octanol–water partition coefficient (Wildman–Crippen LogP) is 0.830. The number of aliphatic imine (C=N–C) groups is 1. The third kappa shape index (κ3) is 1.11. The Bertz CT molecular complexity index is 177. The van der Waals surface area contributed by atoms with E-state index in [1.165, 1.54) is 0 Å². The van der Waals surface area contributed by atoms with Crippen molar-refractivity contribution in [2.45, 2.75) is 3.92 Å². The second-order valence-electron chi connectivity index (χ2n) is 1.42. The first-order valence-corrected chi connectivity index (χ1v) is 3.43. The van der Waals surface area contributed by atoms with Crippen LogP contribution in [0.1, 0.15) is 0 Å². The molecule has 0 aromatic carbocycles. The molecule has 3 heteroatoms. The van der Waals surface area contributed by atoms with Crippen molar-refractivity contribution >= 4 is 28.4 Å². The minimum Gasteiger partial charge on any atom is -0.386 e. The fourth-order valence-corrected chi connectivity index (χ4v) is 0.764. The Morgan fingerprint density at radius 2 is 2.62 bits per heavy atom. The van der Waals surface area contributed by atoms with Crippen LogP contribution in [0.4, 0.5) is 0 Å². The zero-order valence-corrected chi connectivity index (χ0v) is 6.29. The maximum Gasteiger partial charge on any atom is 0.117 e. The molecule has 1 rings (SSSR count). The van der Waals surface area contributed by atoms with Crippen LogP contribution in [-0.4, -0.2) is 9.76 Å². The highest BCUT2D eigenvalue weighted by atomic mass is 127. The fraction of sp³-hybridized carbons (Fsp3) is 0.200. The Morgan fingerprint density at radius 3 is 3.00 bits per heavy atom. The lowest BCUT2D eigenvalue weighted by Crippen LogP contribution is -2.22. The van der Waals surface area contributed by atoms with E-state index >= 15 is 0 Å². The Kier molecular flexibility index (Phi) is 1.70. The summed E-state index contributed by atoms with van der Waals surface area (Å²) in [6.07, 6.45) is 3.45. The highest BCUT2D eigenvalue weighted by Crippen LogP contribution is 2.04. The second kappa shape index (κ2) is 2.33. The molecule has 0 aromatic heterocycles. The number of nitrogens with two attached hydrogens (primary N) is 1. The lowest BCUT2D eigenvalue weighted by atomic mass is 10.3. The van der Waals surface area contributed by atoms with E-state index in [2.05, 4.69) is 33.3 Å². The lowest BCUT2D eigenvalue weighted by molar-refractivity contribution is 1.37. The van der Waals surface area contributed by atoms with Gasteiger partial charge >= 0.3 is 0 Å². The molecule has 1 aliphatic rings. The first-order valence-electron chi connectivity index (χ1n) is 2.19. The molecule has 8 heavy (non-hydrogen) atoms. The fourth-order valence-electron chi connectivity index (χ4n) is 0.396. The first kappa shape index (κ1) is 5.85. The van der Waals surface area contributed by atoms with E-state index < -0.39 is 0 Å². The quantitative estimate of drug-likeness (QED) is 0.366. The van der Waals surface area contributed by atoms with Crippen LogP contribution >= 0.6 is 22.6 Å². The molecule has 0 saturated heterocycles. The maximum atomic E-state index is 5.42. The summed E-state index contributed by atoms with van der Waals surface area (Å²) >= 11 is 2.19. The summed E-state index contributed by atoms with van der Waals surface area (Å²) in [6.45, 7) is 0. The van der Waals surface area contributed by atoms with Crippen molar-refractivity contribution in [2.75, 3.05) is 0 Å². The molecule has 0 amide bonds. The van der Waals surface area contributed by atoms with Gasteiger partial charge < -0.3 is 5.73 Å². The highest BCUT2D eigenvalue weighted by Gasteiger charge is 2.03. The average Bonchev–Trinajstić information content (AvgIpc) is 1.77. The van der Waals surface area contributed by atoms with Crippen LogP contribution in [0.15, 0.2) is 23.0 Å². The molecule has 2 N–H and O–H groups in total. The van der Waals surface area contributed by atoms with Gasteiger partial charge in [-0.15, -0.1) is 5.73 Å². The van der Waals surface area contributed by atoms with Crippen molar-refractivity contribution in [1.82, 2.24) is 0 Å². The van der Waals surface area contributed by atoms with E-state index in [9.17, 15) is 0 Å². The minimum atomic E-state index is 0.234. The van der Waals surface area contributed by atoms with Gasteiger partial charge in [0.15, 0.2) is 0 Å². The van der Waals surface area contributed by atoms with Gasteiger partial charge in [-0.05, 0) is 6.08 Å². The van der Waals surface area contributed by atoms with E-state index in [0.717, 1.165) is 0 Å². The molecule has 0 fully saturated rings. The normalized spacial score (nSPS) is 25.6. The van der Waals surface area contributed by atoms with Crippen LogP contribution in [0.25, 0.3) is 0 Å².